The maximum absolute atomic E-state index is 12.4. The fraction of sp³-hybridized carbons (Fsp3) is 0.636. The van der Waals surface area contributed by atoms with Gasteiger partial charge in [0.2, 0.25) is 0 Å². The average Bonchev–Trinajstić information content (AvgIpc) is 2.20. The van der Waals surface area contributed by atoms with E-state index in [0.717, 1.165) is 3.57 Å². The summed E-state index contributed by atoms with van der Waals surface area (Å²) in [6.45, 7) is 6.28. The molecular weight excluding hydrogens is 358 g/mol. The Kier molecular flexibility index (Phi) is 5.18. The highest BCUT2D eigenvalue weighted by atomic mass is 127. The second-order valence-corrected chi connectivity index (χ2v) is 5.24. The van der Waals surface area contributed by atoms with Gasteiger partial charge in [-0.25, -0.2) is 9.97 Å². The van der Waals surface area contributed by atoms with Crippen LogP contribution in [0.5, 0.6) is 0 Å². The zero-order chi connectivity index (χ0) is 13.9. The predicted molar refractivity (Wildman–Crippen MR) is 72.8 cm³/mol. The number of nitrogens with one attached hydrogen (secondary N) is 1. The SMILES string of the molecule is CCNc1nc(CC(F)(F)F)nc(C(C)C)c1I. The van der Waals surface area contributed by atoms with Gasteiger partial charge in [0.05, 0.1) is 9.26 Å². The number of hydrogen-bond acceptors (Lipinski definition) is 3. The molecule has 102 valence electrons. The molecule has 0 unspecified atom stereocenters. The van der Waals surface area contributed by atoms with Gasteiger partial charge in [0, 0.05) is 6.54 Å². The van der Waals surface area contributed by atoms with Crippen LogP contribution in [-0.4, -0.2) is 22.7 Å². The Hall–Kier alpha value is -0.600. The molecule has 1 rings (SSSR count). The van der Waals surface area contributed by atoms with Crippen LogP contribution in [0.4, 0.5) is 19.0 Å². The lowest BCUT2D eigenvalue weighted by molar-refractivity contribution is -0.128. The van der Waals surface area contributed by atoms with Gasteiger partial charge < -0.3 is 5.32 Å². The van der Waals surface area contributed by atoms with Crippen LogP contribution >= 0.6 is 22.6 Å². The first kappa shape index (κ1) is 15.5. The van der Waals surface area contributed by atoms with Gasteiger partial charge in [-0.3, -0.25) is 0 Å². The molecule has 18 heavy (non-hydrogen) atoms. The van der Waals surface area contributed by atoms with Crippen LogP contribution in [0.25, 0.3) is 0 Å². The van der Waals surface area contributed by atoms with Crippen molar-refractivity contribution < 1.29 is 13.2 Å². The maximum Gasteiger partial charge on any atom is 0.396 e. The van der Waals surface area contributed by atoms with Gasteiger partial charge in [-0.15, -0.1) is 0 Å². The van der Waals surface area contributed by atoms with Crippen molar-refractivity contribution in [1.82, 2.24) is 9.97 Å². The second kappa shape index (κ2) is 6.03. The second-order valence-electron chi connectivity index (χ2n) is 4.16. The van der Waals surface area contributed by atoms with E-state index in [9.17, 15) is 13.2 Å². The van der Waals surface area contributed by atoms with Crippen LogP contribution in [0.15, 0.2) is 0 Å². The van der Waals surface area contributed by atoms with Crippen LogP contribution in [0.2, 0.25) is 0 Å². The number of nitrogens with zero attached hydrogens (tertiary/aromatic N) is 2. The fourth-order valence-corrected chi connectivity index (χ4v) is 2.49. The molecule has 7 heteroatoms. The molecule has 0 atom stereocenters. The first-order valence-electron chi connectivity index (χ1n) is 5.61. The first-order chi connectivity index (χ1) is 8.24. The molecule has 1 heterocycles. The quantitative estimate of drug-likeness (QED) is 0.818. The van der Waals surface area contributed by atoms with Crippen molar-refractivity contribution in [1.29, 1.82) is 0 Å². The molecule has 0 aliphatic heterocycles. The normalized spacial score (nSPS) is 12.0. The third-order valence-corrected chi connectivity index (χ3v) is 3.24. The molecular formula is C11H15F3IN3. The van der Waals surface area contributed by atoms with Gasteiger partial charge in [-0.2, -0.15) is 13.2 Å². The Bertz CT molecular complexity index is 419. The Morgan fingerprint density at radius 2 is 1.89 bits per heavy atom. The molecule has 0 amide bonds. The van der Waals surface area contributed by atoms with E-state index in [1.807, 2.05) is 20.8 Å². The van der Waals surface area contributed by atoms with Crippen molar-refractivity contribution in [3.05, 3.63) is 15.1 Å². The van der Waals surface area contributed by atoms with Crippen molar-refractivity contribution in [2.45, 2.75) is 39.3 Å². The molecule has 0 bridgehead atoms. The van der Waals surface area contributed by atoms with Gasteiger partial charge in [0.1, 0.15) is 18.1 Å². The summed E-state index contributed by atoms with van der Waals surface area (Å²) in [5.74, 6) is 0.364. The molecule has 1 aromatic rings. The van der Waals surface area contributed by atoms with Crippen LogP contribution in [-0.2, 0) is 6.42 Å². The molecule has 0 saturated heterocycles. The maximum atomic E-state index is 12.4. The fourth-order valence-electron chi connectivity index (χ4n) is 1.44. The summed E-state index contributed by atoms with van der Waals surface area (Å²) >= 11 is 2.06. The Morgan fingerprint density at radius 1 is 1.28 bits per heavy atom. The largest absolute Gasteiger partial charge is 0.396 e. The van der Waals surface area contributed by atoms with Crippen molar-refractivity contribution >= 4 is 28.4 Å². The van der Waals surface area contributed by atoms with E-state index >= 15 is 0 Å². The van der Waals surface area contributed by atoms with E-state index in [1.54, 1.807) is 0 Å². The van der Waals surface area contributed by atoms with Crippen LogP contribution < -0.4 is 5.32 Å². The third kappa shape index (κ3) is 4.25. The number of aromatic nitrogens is 2. The summed E-state index contributed by atoms with van der Waals surface area (Å²) in [7, 11) is 0. The number of anilines is 1. The Morgan fingerprint density at radius 3 is 2.33 bits per heavy atom. The third-order valence-electron chi connectivity index (χ3n) is 2.17. The highest BCUT2D eigenvalue weighted by Crippen LogP contribution is 2.27. The lowest BCUT2D eigenvalue weighted by atomic mass is 10.1. The van der Waals surface area contributed by atoms with Crippen LogP contribution in [0, 0.1) is 3.57 Å². The molecule has 0 spiro atoms. The van der Waals surface area contributed by atoms with E-state index in [1.165, 1.54) is 0 Å². The van der Waals surface area contributed by atoms with Crippen molar-refractivity contribution in [3.63, 3.8) is 0 Å². The summed E-state index contributed by atoms with van der Waals surface area (Å²) in [6, 6.07) is 0. The number of alkyl halides is 3. The summed E-state index contributed by atoms with van der Waals surface area (Å²) in [4.78, 5) is 7.96. The van der Waals surface area contributed by atoms with Crippen molar-refractivity contribution in [2.75, 3.05) is 11.9 Å². The minimum absolute atomic E-state index is 0.0595. The van der Waals surface area contributed by atoms with Gasteiger partial charge in [0.25, 0.3) is 0 Å². The molecule has 0 aliphatic rings. The zero-order valence-electron chi connectivity index (χ0n) is 10.4. The van der Waals surface area contributed by atoms with Crippen LogP contribution in [0.1, 0.15) is 38.2 Å². The zero-order valence-corrected chi connectivity index (χ0v) is 12.6. The van der Waals surface area contributed by atoms with E-state index in [0.29, 0.717) is 18.1 Å². The summed E-state index contributed by atoms with van der Waals surface area (Å²) in [5.41, 5.74) is 0.654. The van der Waals surface area contributed by atoms with Crippen LogP contribution in [0.3, 0.4) is 0 Å². The van der Waals surface area contributed by atoms with Gasteiger partial charge >= 0.3 is 6.18 Å². The van der Waals surface area contributed by atoms with E-state index < -0.39 is 12.6 Å². The molecule has 0 saturated carbocycles. The molecule has 0 radical (unpaired) electrons. The lowest BCUT2D eigenvalue weighted by Gasteiger charge is -2.15. The highest BCUT2D eigenvalue weighted by molar-refractivity contribution is 14.1. The van der Waals surface area contributed by atoms with E-state index in [4.69, 9.17) is 0 Å². The Balaban J connectivity index is 3.20. The average molecular weight is 373 g/mol. The molecule has 1 N–H and O–H groups in total. The predicted octanol–water partition coefficient (Wildman–Crippen LogP) is 3.74. The summed E-state index contributed by atoms with van der Waals surface area (Å²) in [5, 5.41) is 2.97. The summed E-state index contributed by atoms with van der Waals surface area (Å²) in [6.07, 6.45) is -5.38. The molecule has 1 aromatic heterocycles. The van der Waals surface area contributed by atoms with Gasteiger partial charge in [-0.05, 0) is 35.4 Å². The molecule has 0 aromatic carbocycles. The molecule has 0 fully saturated rings. The highest BCUT2D eigenvalue weighted by Gasteiger charge is 2.30. The molecule has 0 aliphatic carbocycles. The van der Waals surface area contributed by atoms with Crippen molar-refractivity contribution in [3.8, 4) is 0 Å². The van der Waals surface area contributed by atoms with Crippen molar-refractivity contribution in [2.24, 2.45) is 0 Å². The minimum Gasteiger partial charge on any atom is -0.369 e. The number of rotatable bonds is 4. The number of halogens is 4. The van der Waals surface area contributed by atoms with E-state index in [-0.39, 0.29) is 11.7 Å². The summed E-state index contributed by atoms with van der Waals surface area (Å²) < 4.78 is 38.0. The number of hydrogen-bond donors (Lipinski definition) is 1. The standard InChI is InChI=1S/C11H15F3IN3/c1-4-16-10-8(15)9(6(2)3)17-7(18-10)5-11(12,13)14/h6H,4-5H2,1-3H3,(H,16,17,18). The van der Waals surface area contributed by atoms with Gasteiger partial charge in [-0.1, -0.05) is 13.8 Å². The Labute approximate surface area is 118 Å². The topological polar surface area (TPSA) is 37.8 Å². The van der Waals surface area contributed by atoms with E-state index in [2.05, 4.69) is 37.9 Å². The monoisotopic (exact) mass is 373 g/mol. The smallest absolute Gasteiger partial charge is 0.369 e. The van der Waals surface area contributed by atoms with Gasteiger partial charge in [0.15, 0.2) is 0 Å². The molecule has 3 nitrogen and oxygen atoms in total. The first-order valence-corrected chi connectivity index (χ1v) is 6.69. The lowest BCUT2D eigenvalue weighted by Crippen LogP contribution is -2.17. The minimum atomic E-state index is -4.29.